The van der Waals surface area contributed by atoms with Crippen LogP contribution in [0.1, 0.15) is 24.8 Å². The Labute approximate surface area is 172 Å². The average Bonchev–Trinajstić information content (AvgIpc) is 2.61. The summed E-state index contributed by atoms with van der Waals surface area (Å²) in [5.74, 6) is 0.661. The van der Waals surface area contributed by atoms with E-state index in [1.807, 2.05) is 12.1 Å². The Bertz CT molecular complexity index is 571. The molecule has 2 N–H and O–H groups in total. The van der Waals surface area contributed by atoms with Crippen molar-refractivity contribution in [2.75, 3.05) is 53.0 Å². The van der Waals surface area contributed by atoms with E-state index in [1.165, 1.54) is 12.0 Å². The highest BCUT2D eigenvalue weighted by Gasteiger charge is 2.38. The van der Waals surface area contributed by atoms with Crippen molar-refractivity contribution in [2.45, 2.75) is 24.7 Å². The number of halogens is 2. The Hall–Kier alpha value is -0.930. The van der Waals surface area contributed by atoms with E-state index in [0.29, 0.717) is 0 Å². The number of nitrogens with zero attached hydrogens (tertiary/aromatic N) is 2. The molecule has 0 amide bonds. The van der Waals surface area contributed by atoms with Gasteiger partial charge in [0, 0.05) is 45.2 Å². The van der Waals surface area contributed by atoms with Gasteiger partial charge >= 0.3 is 0 Å². The third-order valence-electron chi connectivity index (χ3n) is 5.41. The van der Waals surface area contributed by atoms with Gasteiger partial charge in [-0.1, -0.05) is 18.6 Å². The summed E-state index contributed by atoms with van der Waals surface area (Å²) in [5.41, 5.74) is 1.33. The van der Waals surface area contributed by atoms with Crippen LogP contribution in [-0.2, 0) is 10.2 Å². The van der Waals surface area contributed by atoms with Crippen LogP contribution in [0.5, 0.6) is 0 Å². The summed E-state index contributed by atoms with van der Waals surface area (Å²) in [5, 5.41) is 6.86. The van der Waals surface area contributed by atoms with Crippen LogP contribution in [-0.4, -0.2) is 63.8 Å². The number of ether oxygens (including phenoxy) is 1. The minimum atomic E-state index is -0.174. The summed E-state index contributed by atoms with van der Waals surface area (Å²) >= 11 is 0. The Balaban J connectivity index is 0.00000243. The lowest BCUT2D eigenvalue weighted by molar-refractivity contribution is 0.0389. The summed E-state index contributed by atoms with van der Waals surface area (Å²) in [6, 6.07) is 6.96. The largest absolute Gasteiger partial charge is 0.379 e. The Morgan fingerprint density at radius 2 is 1.88 bits per heavy atom. The number of hydrogen-bond donors (Lipinski definition) is 2. The molecule has 2 fully saturated rings. The highest BCUT2D eigenvalue weighted by molar-refractivity contribution is 14.0. The fraction of sp³-hybridized carbons (Fsp3) is 0.632. The molecule has 0 aromatic heterocycles. The lowest BCUT2D eigenvalue weighted by Crippen LogP contribution is -2.50. The SMILES string of the molecule is CN=C(NCCN1CCOCC1)NCC1(c2ccc(F)cc2)CCC1.I. The Kier molecular flexibility index (Phi) is 8.56. The number of hydrogen-bond acceptors (Lipinski definition) is 3. The van der Waals surface area contributed by atoms with Gasteiger partial charge in [0.1, 0.15) is 5.82 Å². The molecule has 1 aromatic rings. The minimum Gasteiger partial charge on any atom is -0.379 e. The third-order valence-corrected chi connectivity index (χ3v) is 5.41. The monoisotopic (exact) mass is 476 g/mol. The van der Waals surface area contributed by atoms with Crippen molar-refractivity contribution >= 4 is 29.9 Å². The minimum absolute atomic E-state index is 0. The third kappa shape index (κ3) is 5.53. The van der Waals surface area contributed by atoms with Crippen LogP contribution in [0.3, 0.4) is 0 Å². The van der Waals surface area contributed by atoms with Crippen LogP contribution < -0.4 is 10.6 Å². The standard InChI is InChI=1S/C19H29FN4O.HI/c1-21-18(22-9-10-24-11-13-25-14-12-24)23-15-19(7-2-8-19)16-3-5-17(20)6-4-16;/h3-6H,2,7-15H2,1H3,(H2,21,22,23);1H. The molecule has 26 heavy (non-hydrogen) atoms. The molecule has 146 valence electrons. The molecule has 0 bridgehead atoms. The first kappa shape index (κ1) is 21.4. The number of nitrogens with one attached hydrogen (secondary N) is 2. The average molecular weight is 476 g/mol. The van der Waals surface area contributed by atoms with Gasteiger partial charge in [-0.05, 0) is 30.5 Å². The van der Waals surface area contributed by atoms with Crippen molar-refractivity contribution in [3.8, 4) is 0 Å². The molecule has 1 saturated heterocycles. The van der Waals surface area contributed by atoms with Crippen molar-refractivity contribution < 1.29 is 9.13 Å². The second-order valence-electron chi connectivity index (χ2n) is 6.95. The van der Waals surface area contributed by atoms with Gasteiger partial charge < -0.3 is 15.4 Å². The topological polar surface area (TPSA) is 48.9 Å². The summed E-state index contributed by atoms with van der Waals surface area (Å²) in [6.45, 7) is 6.34. The highest BCUT2D eigenvalue weighted by atomic mass is 127. The van der Waals surface area contributed by atoms with Crippen LogP contribution in [0.25, 0.3) is 0 Å². The number of rotatable bonds is 6. The summed E-state index contributed by atoms with van der Waals surface area (Å²) in [7, 11) is 1.80. The van der Waals surface area contributed by atoms with Crippen LogP contribution in [0, 0.1) is 5.82 Å². The van der Waals surface area contributed by atoms with Crippen molar-refractivity contribution in [1.29, 1.82) is 0 Å². The molecule has 1 aromatic carbocycles. The molecule has 0 radical (unpaired) electrons. The van der Waals surface area contributed by atoms with E-state index in [9.17, 15) is 4.39 Å². The molecule has 7 heteroatoms. The normalized spacial score (nSPS) is 20.0. The molecule has 3 rings (SSSR count). The van der Waals surface area contributed by atoms with E-state index in [0.717, 1.165) is 64.7 Å². The molecule has 0 atom stereocenters. The first-order chi connectivity index (χ1) is 12.2. The van der Waals surface area contributed by atoms with Crippen LogP contribution in [0.15, 0.2) is 29.3 Å². The number of benzene rings is 1. The maximum Gasteiger partial charge on any atom is 0.191 e. The quantitative estimate of drug-likeness (QED) is 0.376. The van der Waals surface area contributed by atoms with E-state index in [2.05, 4.69) is 20.5 Å². The van der Waals surface area contributed by atoms with Crippen molar-refractivity contribution in [2.24, 2.45) is 4.99 Å². The number of guanidine groups is 1. The fourth-order valence-electron chi connectivity index (χ4n) is 3.61. The van der Waals surface area contributed by atoms with Gasteiger partial charge in [-0.3, -0.25) is 9.89 Å². The van der Waals surface area contributed by atoms with Gasteiger partial charge in [-0.2, -0.15) is 0 Å². The second kappa shape index (κ2) is 10.4. The van der Waals surface area contributed by atoms with Crippen LogP contribution >= 0.6 is 24.0 Å². The van der Waals surface area contributed by atoms with Gasteiger partial charge in [0.2, 0.25) is 0 Å². The molecule has 2 aliphatic rings. The Morgan fingerprint density at radius 3 is 2.46 bits per heavy atom. The number of aliphatic imine (C=N–C) groups is 1. The van der Waals surface area contributed by atoms with Gasteiger partial charge in [0.15, 0.2) is 5.96 Å². The molecular weight excluding hydrogens is 446 g/mol. The van der Waals surface area contributed by atoms with E-state index < -0.39 is 0 Å². The van der Waals surface area contributed by atoms with Gasteiger partial charge in [-0.15, -0.1) is 24.0 Å². The zero-order chi connectivity index (χ0) is 17.5. The van der Waals surface area contributed by atoms with E-state index in [-0.39, 0.29) is 35.2 Å². The predicted octanol–water partition coefficient (Wildman–Crippen LogP) is 2.36. The molecular formula is C19H30FIN4O. The fourth-order valence-corrected chi connectivity index (χ4v) is 3.61. The van der Waals surface area contributed by atoms with Crippen molar-refractivity contribution in [3.05, 3.63) is 35.6 Å². The van der Waals surface area contributed by atoms with Crippen LogP contribution in [0.2, 0.25) is 0 Å². The maximum absolute atomic E-state index is 13.2. The zero-order valence-electron chi connectivity index (χ0n) is 15.5. The maximum atomic E-state index is 13.2. The van der Waals surface area contributed by atoms with Gasteiger partial charge in [-0.25, -0.2) is 4.39 Å². The summed E-state index contributed by atoms with van der Waals surface area (Å²) in [6.07, 6.45) is 3.49. The lowest BCUT2D eigenvalue weighted by Gasteiger charge is -2.43. The first-order valence-electron chi connectivity index (χ1n) is 9.22. The van der Waals surface area contributed by atoms with Crippen LogP contribution in [0.4, 0.5) is 4.39 Å². The molecule has 1 aliphatic heterocycles. The summed E-state index contributed by atoms with van der Waals surface area (Å²) in [4.78, 5) is 6.73. The molecule has 1 aliphatic carbocycles. The zero-order valence-corrected chi connectivity index (χ0v) is 17.8. The smallest absolute Gasteiger partial charge is 0.191 e. The van der Waals surface area contributed by atoms with Crippen molar-refractivity contribution in [3.63, 3.8) is 0 Å². The second-order valence-corrected chi connectivity index (χ2v) is 6.95. The highest BCUT2D eigenvalue weighted by Crippen LogP contribution is 2.43. The molecule has 1 heterocycles. The number of morpholine rings is 1. The first-order valence-corrected chi connectivity index (χ1v) is 9.22. The molecule has 1 saturated carbocycles. The van der Waals surface area contributed by atoms with Gasteiger partial charge in [0.05, 0.1) is 13.2 Å². The Morgan fingerprint density at radius 1 is 1.19 bits per heavy atom. The molecule has 5 nitrogen and oxygen atoms in total. The summed E-state index contributed by atoms with van der Waals surface area (Å²) < 4.78 is 18.6. The van der Waals surface area contributed by atoms with E-state index in [4.69, 9.17) is 4.74 Å². The van der Waals surface area contributed by atoms with E-state index in [1.54, 1.807) is 19.2 Å². The molecule has 0 spiro atoms. The predicted molar refractivity (Wildman–Crippen MR) is 114 cm³/mol. The lowest BCUT2D eigenvalue weighted by atomic mass is 9.64. The molecule has 0 unspecified atom stereocenters. The van der Waals surface area contributed by atoms with Gasteiger partial charge in [0.25, 0.3) is 0 Å². The van der Waals surface area contributed by atoms with Crippen molar-refractivity contribution in [1.82, 2.24) is 15.5 Å². The van der Waals surface area contributed by atoms with E-state index >= 15 is 0 Å².